The Labute approximate surface area is 275 Å². The van der Waals surface area contributed by atoms with Gasteiger partial charge in [-0.05, 0) is 88.6 Å². The zero-order valence-corrected chi connectivity index (χ0v) is 29.8. The van der Waals surface area contributed by atoms with Crippen molar-refractivity contribution in [1.29, 1.82) is 0 Å². The number of fused-ring (bicyclic) bond motifs is 2. The lowest BCUT2D eigenvalue weighted by Gasteiger charge is -2.29. The summed E-state index contributed by atoms with van der Waals surface area (Å²) in [6.07, 6.45) is 1.30. The number of hydrogen-bond donors (Lipinski definition) is 0. The third-order valence-electron chi connectivity index (χ3n) is 8.61. The molecule has 9 nitrogen and oxygen atoms in total. The van der Waals surface area contributed by atoms with Gasteiger partial charge in [0, 0.05) is 21.3 Å². The van der Waals surface area contributed by atoms with Crippen LogP contribution in [0.25, 0.3) is 0 Å². The molecule has 2 aromatic carbocycles. The summed E-state index contributed by atoms with van der Waals surface area (Å²) in [6, 6.07) is 13.7. The summed E-state index contributed by atoms with van der Waals surface area (Å²) in [5.74, 6) is -0.690. The maximum absolute atomic E-state index is 13.8. The number of benzene rings is 2. The summed E-state index contributed by atoms with van der Waals surface area (Å²) < 4.78 is 42.4. The summed E-state index contributed by atoms with van der Waals surface area (Å²) >= 11 is 0. The fourth-order valence-corrected chi connectivity index (χ4v) is 6.55. The van der Waals surface area contributed by atoms with Crippen molar-refractivity contribution in [3.63, 3.8) is 0 Å². The Hall–Kier alpha value is -2.92. The van der Waals surface area contributed by atoms with E-state index >= 15 is 0 Å². The fraction of sp³-hybridized carbons (Fsp3) is 0.611. The van der Waals surface area contributed by atoms with Crippen LogP contribution in [-0.2, 0) is 30.1 Å². The van der Waals surface area contributed by atoms with E-state index in [0.717, 1.165) is 11.6 Å². The maximum Gasteiger partial charge on any atom is 0.342 e. The minimum absolute atomic E-state index is 0.0167. The molecule has 1 fully saturated rings. The molecule has 0 aliphatic carbocycles. The zero-order valence-electron chi connectivity index (χ0n) is 28.8. The molecule has 2 aromatic rings. The Balaban J connectivity index is 1.66. The zero-order chi connectivity index (χ0) is 33.5. The Morgan fingerprint density at radius 1 is 1.00 bits per heavy atom. The minimum atomic E-state index is -1.31. The van der Waals surface area contributed by atoms with Crippen LogP contribution in [0.15, 0.2) is 42.5 Å². The number of methoxy groups -OCH3 is 1. The molecule has 4 rings (SSSR count). The van der Waals surface area contributed by atoms with Crippen molar-refractivity contribution in [3.05, 3.63) is 59.2 Å². The average molecular weight is 657 g/mol. The molecule has 2 aliphatic rings. The standard InChI is InChI=1S/C36H52O9Si/c1-24-17-18-29(43-34(37)26-13-10-9-11-14-26)33-30(44-36(3,4)45-33)16-12-15-27-21-28(40-19-20-46(6,7)8)22-31(41-23-39-5)32(27)35(38)42-25(24)2/h9-11,13-14,21-22,24-25,29-30,33H,12,15-20,23H2,1-8H3/t24-,25?,29?,30+,33-/m1/s1. The first kappa shape index (κ1) is 35.9. The van der Waals surface area contributed by atoms with Crippen molar-refractivity contribution in [2.45, 2.75) is 116 Å². The van der Waals surface area contributed by atoms with Gasteiger partial charge < -0.3 is 33.2 Å². The van der Waals surface area contributed by atoms with E-state index in [9.17, 15) is 9.59 Å². The minimum Gasteiger partial charge on any atom is -0.494 e. The summed E-state index contributed by atoms with van der Waals surface area (Å²) in [4.78, 5) is 27.0. The third kappa shape index (κ3) is 10.0. The molecule has 0 radical (unpaired) electrons. The maximum atomic E-state index is 13.8. The van der Waals surface area contributed by atoms with Gasteiger partial charge in [0.2, 0.25) is 0 Å². The van der Waals surface area contributed by atoms with Gasteiger partial charge in [-0.3, -0.25) is 0 Å². The van der Waals surface area contributed by atoms with Crippen LogP contribution < -0.4 is 9.47 Å². The number of carbonyl (C=O) groups excluding carboxylic acids is 2. The van der Waals surface area contributed by atoms with Crippen molar-refractivity contribution < 1.29 is 42.7 Å². The van der Waals surface area contributed by atoms with Crippen molar-refractivity contribution in [2.24, 2.45) is 5.92 Å². The lowest BCUT2D eigenvalue weighted by atomic mass is 9.92. The second-order valence-electron chi connectivity index (χ2n) is 14.2. The molecule has 5 atom stereocenters. The van der Waals surface area contributed by atoms with Gasteiger partial charge in [-0.2, -0.15) is 0 Å². The summed E-state index contributed by atoms with van der Waals surface area (Å²) in [5, 5.41) is 0. The topological polar surface area (TPSA) is 98.8 Å². The van der Waals surface area contributed by atoms with Gasteiger partial charge in [0.1, 0.15) is 35.4 Å². The largest absolute Gasteiger partial charge is 0.494 e. The molecule has 0 bridgehead atoms. The lowest BCUT2D eigenvalue weighted by molar-refractivity contribution is -0.156. The highest BCUT2D eigenvalue weighted by Crippen LogP contribution is 2.38. The smallest absolute Gasteiger partial charge is 0.342 e. The molecule has 2 aliphatic heterocycles. The van der Waals surface area contributed by atoms with Gasteiger partial charge in [0.15, 0.2) is 12.6 Å². The number of ether oxygens (including phenoxy) is 7. The predicted octanol–water partition coefficient (Wildman–Crippen LogP) is 7.43. The van der Waals surface area contributed by atoms with Gasteiger partial charge in [0.25, 0.3) is 0 Å². The fourth-order valence-electron chi connectivity index (χ4n) is 5.84. The molecule has 10 heteroatoms. The number of carbonyl (C=O) groups is 2. The highest BCUT2D eigenvalue weighted by Gasteiger charge is 2.46. The van der Waals surface area contributed by atoms with Crippen LogP contribution in [0.5, 0.6) is 11.5 Å². The monoisotopic (exact) mass is 656 g/mol. The van der Waals surface area contributed by atoms with Gasteiger partial charge in [-0.1, -0.05) is 44.8 Å². The van der Waals surface area contributed by atoms with E-state index in [0.29, 0.717) is 61.3 Å². The van der Waals surface area contributed by atoms with E-state index in [-0.39, 0.29) is 18.8 Å². The van der Waals surface area contributed by atoms with E-state index in [1.807, 2.05) is 52.0 Å². The van der Waals surface area contributed by atoms with Crippen molar-refractivity contribution in [1.82, 2.24) is 0 Å². The molecule has 2 heterocycles. The van der Waals surface area contributed by atoms with Gasteiger partial charge in [0.05, 0.1) is 18.3 Å². The van der Waals surface area contributed by atoms with Crippen molar-refractivity contribution in [2.75, 3.05) is 20.5 Å². The molecular formula is C36H52O9Si. The molecule has 2 unspecified atom stereocenters. The van der Waals surface area contributed by atoms with E-state index < -0.39 is 44.1 Å². The molecular weight excluding hydrogens is 604 g/mol. The molecule has 46 heavy (non-hydrogen) atoms. The summed E-state index contributed by atoms with van der Waals surface area (Å²) in [5.41, 5.74) is 1.65. The summed E-state index contributed by atoms with van der Waals surface area (Å²) in [6.45, 7) is 15.2. The molecule has 0 aromatic heterocycles. The van der Waals surface area contributed by atoms with Crippen LogP contribution in [0.4, 0.5) is 0 Å². The van der Waals surface area contributed by atoms with Gasteiger partial charge in [-0.15, -0.1) is 0 Å². The highest BCUT2D eigenvalue weighted by molar-refractivity contribution is 6.76. The molecule has 0 N–H and O–H groups in total. The number of esters is 2. The lowest BCUT2D eigenvalue weighted by Crippen LogP contribution is -2.39. The van der Waals surface area contributed by atoms with Gasteiger partial charge in [-0.25, -0.2) is 9.59 Å². The van der Waals surface area contributed by atoms with Crippen LogP contribution in [0.2, 0.25) is 25.7 Å². The van der Waals surface area contributed by atoms with E-state index in [4.69, 9.17) is 33.2 Å². The number of aryl methyl sites for hydroxylation is 1. The first-order valence-corrected chi connectivity index (χ1v) is 20.2. The van der Waals surface area contributed by atoms with E-state index in [1.54, 1.807) is 25.3 Å². The molecule has 1 saturated heterocycles. The molecule has 0 spiro atoms. The Bertz CT molecular complexity index is 1310. The Morgan fingerprint density at radius 2 is 1.74 bits per heavy atom. The van der Waals surface area contributed by atoms with Crippen LogP contribution in [0.1, 0.15) is 79.7 Å². The second-order valence-corrected chi connectivity index (χ2v) is 19.8. The average Bonchev–Trinajstić information content (AvgIpc) is 3.30. The molecule has 254 valence electrons. The van der Waals surface area contributed by atoms with Crippen LogP contribution in [-0.4, -0.2) is 70.7 Å². The number of cyclic esters (lactones) is 1. The number of rotatable bonds is 9. The van der Waals surface area contributed by atoms with Gasteiger partial charge >= 0.3 is 11.9 Å². The first-order chi connectivity index (χ1) is 21.8. The summed E-state index contributed by atoms with van der Waals surface area (Å²) in [7, 11) is 0.230. The Kier molecular flexibility index (Phi) is 12.3. The quantitative estimate of drug-likeness (QED) is 0.155. The molecule has 0 saturated carbocycles. The molecule has 0 amide bonds. The third-order valence-corrected chi connectivity index (χ3v) is 10.3. The highest BCUT2D eigenvalue weighted by atomic mass is 28.3. The predicted molar refractivity (Wildman–Crippen MR) is 178 cm³/mol. The van der Waals surface area contributed by atoms with Crippen molar-refractivity contribution >= 4 is 20.0 Å². The normalized spacial score (nSPS) is 25.4. The second kappa shape index (κ2) is 15.8. The van der Waals surface area contributed by atoms with Crippen LogP contribution in [0, 0.1) is 5.92 Å². The Morgan fingerprint density at radius 3 is 2.43 bits per heavy atom. The van der Waals surface area contributed by atoms with Crippen molar-refractivity contribution in [3.8, 4) is 11.5 Å². The van der Waals surface area contributed by atoms with E-state index in [2.05, 4.69) is 19.6 Å². The SMILES string of the molecule is COCOc1cc(OCC[Si](C)(C)C)cc2c1C(=O)OC(C)[C@H](C)CCC(OC(=O)c1ccccc1)[C@H]1OC(C)(C)O[C@H]1CCC2. The first-order valence-electron chi connectivity index (χ1n) is 16.5. The van der Waals surface area contributed by atoms with Crippen LogP contribution >= 0.6 is 0 Å². The number of hydrogen-bond acceptors (Lipinski definition) is 9. The van der Waals surface area contributed by atoms with E-state index in [1.165, 1.54) is 0 Å². The van der Waals surface area contributed by atoms with Crippen LogP contribution in [0.3, 0.4) is 0 Å².